The number of aromatic hydroxyl groups is 1. The predicted molar refractivity (Wildman–Crippen MR) is 50.7 cm³/mol. The van der Waals surface area contributed by atoms with Crippen LogP contribution in [0.15, 0.2) is 24.3 Å². The van der Waals surface area contributed by atoms with Gasteiger partial charge in [-0.2, -0.15) is 4.74 Å². The van der Waals surface area contributed by atoms with Gasteiger partial charge in [0.25, 0.3) is 0 Å². The van der Waals surface area contributed by atoms with Gasteiger partial charge in [-0.15, -0.1) is 26.3 Å². The zero-order chi connectivity index (χ0) is 14.4. The van der Waals surface area contributed by atoms with Gasteiger partial charge >= 0.3 is 12.7 Å². The fourth-order valence-corrected chi connectivity index (χ4v) is 0.863. The van der Waals surface area contributed by atoms with Crippen LogP contribution in [0.3, 0.4) is 0 Å². The Morgan fingerprint density at radius 1 is 0.944 bits per heavy atom. The highest BCUT2D eigenvalue weighted by Crippen LogP contribution is 2.28. The van der Waals surface area contributed by atoms with Crippen molar-refractivity contribution in [3.63, 3.8) is 0 Å². The van der Waals surface area contributed by atoms with E-state index in [0.29, 0.717) is 5.75 Å². The Bertz CT molecular complexity index is 329. The molecule has 1 aromatic carbocycles. The summed E-state index contributed by atoms with van der Waals surface area (Å²) in [6, 6.07) is 7.27. The highest BCUT2D eigenvalue weighted by molar-refractivity contribution is 5.25. The highest BCUT2D eigenvalue weighted by Gasteiger charge is 2.45. The van der Waals surface area contributed by atoms with E-state index in [1.807, 2.05) is 12.1 Å². The van der Waals surface area contributed by atoms with Crippen molar-refractivity contribution in [2.75, 3.05) is 0 Å². The van der Waals surface area contributed by atoms with Crippen LogP contribution in [0.2, 0.25) is 0 Å². The number of rotatable bonds is 1. The van der Waals surface area contributed by atoms with Crippen LogP contribution in [-0.2, 0) is 11.2 Å². The van der Waals surface area contributed by atoms with Gasteiger partial charge in [-0.3, -0.25) is 0 Å². The number of phenols is 1. The third kappa shape index (κ3) is 9.76. The van der Waals surface area contributed by atoms with Crippen LogP contribution in [0.4, 0.5) is 26.3 Å². The quantitative estimate of drug-likeness (QED) is 0.786. The first-order chi connectivity index (χ1) is 8.03. The Balaban J connectivity index is 0.000000321. The van der Waals surface area contributed by atoms with Crippen molar-refractivity contribution in [3.05, 3.63) is 29.8 Å². The third-order valence-corrected chi connectivity index (χ3v) is 1.58. The third-order valence-electron chi connectivity index (χ3n) is 1.58. The van der Waals surface area contributed by atoms with E-state index in [-0.39, 0.29) is 0 Å². The number of phenolic OH excluding ortho intramolecular Hbond substituents is 1. The second kappa shape index (κ2) is 6.48. The second-order valence-electron chi connectivity index (χ2n) is 3.01. The van der Waals surface area contributed by atoms with E-state index >= 15 is 0 Å². The van der Waals surface area contributed by atoms with E-state index in [1.54, 1.807) is 16.9 Å². The summed E-state index contributed by atoms with van der Waals surface area (Å²) in [6.45, 7) is 2.09. The maximum atomic E-state index is 10.6. The molecule has 0 radical (unpaired) electrons. The van der Waals surface area contributed by atoms with Crippen LogP contribution < -0.4 is 0 Å². The van der Waals surface area contributed by atoms with Gasteiger partial charge in [-0.1, -0.05) is 19.1 Å². The fraction of sp³-hybridized carbons (Fsp3) is 0.400. The molecule has 0 aliphatic rings. The van der Waals surface area contributed by atoms with Crippen LogP contribution in [0.1, 0.15) is 12.5 Å². The average molecular weight is 276 g/mol. The lowest BCUT2D eigenvalue weighted by molar-refractivity contribution is -0.463. The van der Waals surface area contributed by atoms with Crippen molar-refractivity contribution < 1.29 is 36.2 Å². The Labute approximate surface area is 98.8 Å². The molecule has 18 heavy (non-hydrogen) atoms. The summed E-state index contributed by atoms with van der Waals surface area (Å²) >= 11 is 0. The van der Waals surface area contributed by atoms with Gasteiger partial charge < -0.3 is 5.11 Å². The van der Waals surface area contributed by atoms with E-state index in [4.69, 9.17) is 5.11 Å². The molecule has 0 bridgehead atoms. The monoisotopic (exact) mass is 276 g/mol. The minimum Gasteiger partial charge on any atom is -0.508 e. The molecule has 1 aromatic rings. The summed E-state index contributed by atoms with van der Waals surface area (Å²) in [5.41, 5.74) is 1.26. The first kappa shape index (κ1) is 16.6. The first-order valence-corrected chi connectivity index (χ1v) is 4.65. The fourth-order valence-electron chi connectivity index (χ4n) is 0.863. The van der Waals surface area contributed by atoms with Gasteiger partial charge in [0, 0.05) is 0 Å². The molecule has 104 valence electrons. The van der Waals surface area contributed by atoms with E-state index in [2.05, 4.69) is 6.92 Å². The molecule has 0 aliphatic heterocycles. The maximum absolute atomic E-state index is 10.6. The molecule has 0 atom stereocenters. The summed E-state index contributed by atoms with van der Waals surface area (Å²) in [5.74, 6) is 0.340. The van der Waals surface area contributed by atoms with Gasteiger partial charge in [0.1, 0.15) is 5.75 Å². The van der Waals surface area contributed by atoms with Gasteiger partial charge in [-0.05, 0) is 24.1 Å². The van der Waals surface area contributed by atoms with E-state index in [0.717, 1.165) is 6.42 Å². The molecule has 0 saturated carbocycles. The van der Waals surface area contributed by atoms with Crippen LogP contribution in [-0.4, -0.2) is 17.8 Å². The average Bonchev–Trinajstić information content (AvgIpc) is 2.14. The van der Waals surface area contributed by atoms with E-state index in [1.165, 1.54) is 5.56 Å². The molecule has 2 nitrogen and oxygen atoms in total. The molecule has 8 heteroatoms. The molecule has 1 rings (SSSR count). The molecular weight excluding hydrogens is 266 g/mol. The van der Waals surface area contributed by atoms with Crippen molar-refractivity contribution in [3.8, 4) is 5.75 Å². The van der Waals surface area contributed by atoms with Gasteiger partial charge in [-0.25, -0.2) is 0 Å². The number of hydrogen-bond donors (Lipinski definition) is 1. The molecule has 0 heterocycles. The number of halogens is 6. The van der Waals surface area contributed by atoms with Crippen LogP contribution in [0.5, 0.6) is 5.75 Å². The van der Waals surface area contributed by atoms with Crippen molar-refractivity contribution in [1.82, 2.24) is 0 Å². The molecule has 0 spiro atoms. The molecule has 0 aliphatic carbocycles. The topological polar surface area (TPSA) is 29.5 Å². The molecular formula is C10H10F6O2. The lowest BCUT2D eigenvalue weighted by atomic mass is 10.2. The largest absolute Gasteiger partial charge is 0.529 e. The molecule has 0 unspecified atom stereocenters. The summed E-state index contributed by atoms with van der Waals surface area (Å²) < 4.78 is 65.3. The second-order valence-corrected chi connectivity index (χ2v) is 3.01. The van der Waals surface area contributed by atoms with Crippen LogP contribution >= 0.6 is 0 Å². The SMILES string of the molecule is CCc1ccc(O)cc1.FC(F)(F)OC(F)(F)F. The smallest absolute Gasteiger partial charge is 0.508 e. The van der Waals surface area contributed by atoms with Crippen LogP contribution in [0, 0.1) is 0 Å². The number of benzene rings is 1. The molecule has 0 fully saturated rings. The Morgan fingerprint density at radius 3 is 1.56 bits per heavy atom. The summed E-state index contributed by atoms with van der Waals surface area (Å²) in [6.07, 6.45) is -10.3. The minimum atomic E-state index is -5.64. The molecule has 0 saturated heterocycles. The van der Waals surface area contributed by atoms with Crippen LogP contribution in [0.25, 0.3) is 0 Å². The number of ether oxygens (including phenoxy) is 1. The highest BCUT2D eigenvalue weighted by atomic mass is 19.4. The van der Waals surface area contributed by atoms with Crippen molar-refractivity contribution in [2.24, 2.45) is 0 Å². The van der Waals surface area contributed by atoms with Gasteiger partial charge in [0.15, 0.2) is 0 Å². The number of aryl methyl sites for hydroxylation is 1. The Kier molecular flexibility index (Phi) is 5.96. The molecule has 0 amide bonds. The van der Waals surface area contributed by atoms with Crippen molar-refractivity contribution in [1.29, 1.82) is 0 Å². The maximum Gasteiger partial charge on any atom is 0.529 e. The summed E-state index contributed by atoms with van der Waals surface area (Å²) in [7, 11) is 0. The Hall–Kier alpha value is -1.44. The number of hydrogen-bond acceptors (Lipinski definition) is 2. The summed E-state index contributed by atoms with van der Waals surface area (Å²) in [5, 5.41) is 8.85. The van der Waals surface area contributed by atoms with Gasteiger partial charge in [0.2, 0.25) is 0 Å². The zero-order valence-corrected chi connectivity index (χ0v) is 9.14. The zero-order valence-electron chi connectivity index (χ0n) is 9.14. The van der Waals surface area contributed by atoms with Crippen molar-refractivity contribution >= 4 is 0 Å². The molecule has 1 N–H and O–H groups in total. The number of alkyl halides is 6. The summed E-state index contributed by atoms with van der Waals surface area (Å²) in [4.78, 5) is 0. The standard InChI is InChI=1S/C8H10O.C2F6O/c1-2-7-3-5-8(9)6-4-7;3-1(4,5)9-2(6,7)8/h3-6,9H,2H2,1H3;. The lowest BCUT2D eigenvalue weighted by Gasteiger charge is -2.08. The predicted octanol–water partition coefficient (Wildman–Crippen LogP) is 4.00. The van der Waals surface area contributed by atoms with E-state index < -0.39 is 12.7 Å². The normalized spacial score (nSPS) is 11.7. The lowest BCUT2D eigenvalue weighted by Crippen LogP contribution is -2.25. The van der Waals surface area contributed by atoms with Crippen molar-refractivity contribution in [2.45, 2.75) is 26.1 Å². The molecule has 0 aromatic heterocycles. The Morgan fingerprint density at radius 2 is 1.33 bits per heavy atom. The first-order valence-electron chi connectivity index (χ1n) is 4.65. The van der Waals surface area contributed by atoms with E-state index in [9.17, 15) is 26.3 Å². The van der Waals surface area contributed by atoms with Gasteiger partial charge in [0.05, 0.1) is 0 Å². The minimum absolute atomic E-state index is 0.340.